The van der Waals surface area contributed by atoms with Crippen molar-refractivity contribution in [2.75, 3.05) is 23.7 Å². The number of carbonyl (C=O) groups excluding carboxylic acids is 1. The predicted octanol–water partition coefficient (Wildman–Crippen LogP) is 4.44. The van der Waals surface area contributed by atoms with E-state index in [-0.39, 0.29) is 44.6 Å². The number of anilines is 1. The van der Waals surface area contributed by atoms with Crippen molar-refractivity contribution in [2.45, 2.75) is 50.6 Å². The highest BCUT2D eigenvalue weighted by molar-refractivity contribution is 7.91. The first-order valence-electron chi connectivity index (χ1n) is 11.7. The number of nitrogens with zero attached hydrogens (tertiary/aromatic N) is 4. The first-order chi connectivity index (χ1) is 16.4. The van der Waals surface area contributed by atoms with Gasteiger partial charge in [0.1, 0.15) is 17.3 Å². The molecule has 2 aromatic heterocycles. The molecule has 2 aliphatic rings. The molecule has 35 heavy (non-hydrogen) atoms. The topological polar surface area (TPSA) is 75.0 Å². The summed E-state index contributed by atoms with van der Waals surface area (Å²) in [7, 11) is -3.52. The molecule has 1 amide bonds. The van der Waals surface area contributed by atoms with E-state index in [1.54, 1.807) is 23.2 Å². The summed E-state index contributed by atoms with van der Waals surface area (Å²) in [5.74, 6) is 0.0963. The molecule has 10 heteroatoms. The van der Waals surface area contributed by atoms with E-state index in [9.17, 15) is 17.6 Å². The van der Waals surface area contributed by atoms with E-state index in [1.165, 1.54) is 12.1 Å². The number of pyridine rings is 1. The molecule has 0 saturated carbocycles. The number of carbonyl (C=O) groups is 1. The molecule has 0 N–H and O–H groups in total. The third-order valence-corrected chi connectivity index (χ3v) is 9.15. The third-order valence-electron chi connectivity index (χ3n) is 6.64. The molecular weight excluding hydrogens is 491 g/mol. The Hall–Kier alpha value is -2.65. The van der Waals surface area contributed by atoms with Gasteiger partial charge in [-0.25, -0.2) is 17.8 Å². The number of aromatic nitrogens is 2. The molecule has 2 fully saturated rings. The smallest absolute Gasteiger partial charge is 0.255 e. The zero-order valence-electron chi connectivity index (χ0n) is 19.9. The minimum atomic E-state index is -3.52. The van der Waals surface area contributed by atoms with Crippen LogP contribution in [0.25, 0.3) is 5.65 Å². The number of benzene rings is 1. The van der Waals surface area contributed by atoms with Crippen molar-refractivity contribution in [3.05, 3.63) is 59.1 Å². The van der Waals surface area contributed by atoms with Gasteiger partial charge in [0.15, 0.2) is 9.84 Å². The molecule has 0 radical (unpaired) electrons. The molecule has 2 atom stereocenters. The highest BCUT2D eigenvalue weighted by atomic mass is 35.5. The summed E-state index contributed by atoms with van der Waals surface area (Å²) >= 11 is 6.15. The van der Waals surface area contributed by atoms with Crippen LogP contribution >= 0.6 is 11.6 Å². The minimum Gasteiger partial charge on any atom is -0.348 e. The van der Waals surface area contributed by atoms with E-state index in [2.05, 4.69) is 9.88 Å². The van der Waals surface area contributed by atoms with Crippen molar-refractivity contribution in [3.63, 3.8) is 0 Å². The summed E-state index contributed by atoms with van der Waals surface area (Å²) in [5, 5.41) is 0.0988. The molecule has 0 aliphatic carbocycles. The van der Waals surface area contributed by atoms with Gasteiger partial charge in [-0.15, -0.1) is 0 Å². The van der Waals surface area contributed by atoms with E-state index in [4.69, 9.17) is 11.6 Å². The lowest BCUT2D eigenvalue weighted by Gasteiger charge is -2.42. The van der Waals surface area contributed by atoms with Crippen LogP contribution in [0.1, 0.15) is 44.0 Å². The van der Waals surface area contributed by atoms with E-state index < -0.39 is 15.7 Å². The summed E-state index contributed by atoms with van der Waals surface area (Å²) in [6.07, 6.45) is 5.25. The molecule has 0 spiro atoms. The standard InChI is InChI=1S/C25H28ClFN4O3S/c1-25(2,3)15-35(33,34)19-11-22-28-8-9-30(22)23(12-19)31-17-5-6-18(31)14-29(13-17)24(32)20-7-4-16(27)10-21(20)26/h4,7-12,17-18H,5-6,13-15H2,1-3H3/t17-,18+. The average molecular weight is 519 g/mol. The maximum atomic E-state index is 13.5. The van der Waals surface area contributed by atoms with Gasteiger partial charge >= 0.3 is 0 Å². The molecule has 1 aromatic carbocycles. The lowest BCUT2D eigenvalue weighted by molar-refractivity contribution is 0.0717. The van der Waals surface area contributed by atoms with Crippen LogP contribution in [-0.4, -0.2) is 59.5 Å². The number of halogens is 2. The van der Waals surface area contributed by atoms with Crippen LogP contribution in [0.3, 0.4) is 0 Å². The zero-order chi connectivity index (χ0) is 25.1. The Morgan fingerprint density at radius 2 is 1.83 bits per heavy atom. The maximum Gasteiger partial charge on any atom is 0.255 e. The van der Waals surface area contributed by atoms with Gasteiger partial charge in [-0.05, 0) is 42.5 Å². The number of likely N-dealkylation sites (tertiary alicyclic amines) is 1. The van der Waals surface area contributed by atoms with Crippen LogP contribution in [0, 0.1) is 11.2 Å². The number of rotatable bonds is 4. The average Bonchev–Trinajstić information content (AvgIpc) is 3.32. The second-order valence-electron chi connectivity index (χ2n) is 10.7. The van der Waals surface area contributed by atoms with Crippen molar-refractivity contribution in [2.24, 2.45) is 5.41 Å². The van der Waals surface area contributed by atoms with E-state index in [1.807, 2.05) is 31.4 Å². The largest absolute Gasteiger partial charge is 0.348 e. The van der Waals surface area contributed by atoms with Gasteiger partial charge < -0.3 is 9.80 Å². The summed E-state index contributed by atoms with van der Waals surface area (Å²) in [6.45, 7) is 6.66. The van der Waals surface area contributed by atoms with E-state index in [0.29, 0.717) is 18.7 Å². The molecule has 186 valence electrons. The van der Waals surface area contributed by atoms with E-state index in [0.717, 1.165) is 24.7 Å². The number of piperazine rings is 1. The Morgan fingerprint density at radius 3 is 2.46 bits per heavy atom. The second-order valence-corrected chi connectivity index (χ2v) is 13.0. The van der Waals surface area contributed by atoms with Crippen LogP contribution < -0.4 is 4.90 Å². The minimum absolute atomic E-state index is 0.0168. The number of amides is 1. The van der Waals surface area contributed by atoms with Crippen LogP contribution in [-0.2, 0) is 9.84 Å². The molecule has 5 rings (SSSR count). The summed E-state index contributed by atoms with van der Waals surface area (Å²) < 4.78 is 41.8. The molecule has 0 unspecified atom stereocenters. The Kier molecular flexibility index (Phi) is 5.83. The Bertz CT molecular complexity index is 1400. The van der Waals surface area contributed by atoms with Gasteiger partial charge in [0, 0.05) is 43.6 Å². The number of hydrogen-bond acceptors (Lipinski definition) is 5. The van der Waals surface area contributed by atoms with Gasteiger partial charge in [0.25, 0.3) is 5.91 Å². The first kappa shape index (κ1) is 24.1. The molecule has 3 aromatic rings. The van der Waals surface area contributed by atoms with Crippen LogP contribution in [0.15, 0.2) is 47.6 Å². The normalized spacial score (nSPS) is 20.6. The second kappa shape index (κ2) is 8.48. The molecule has 2 saturated heterocycles. The van der Waals surface area contributed by atoms with E-state index >= 15 is 0 Å². The third kappa shape index (κ3) is 4.51. The number of sulfone groups is 1. The van der Waals surface area contributed by atoms with Crippen LogP contribution in [0.5, 0.6) is 0 Å². The molecule has 4 heterocycles. The van der Waals surface area contributed by atoms with Crippen molar-refractivity contribution in [3.8, 4) is 0 Å². The Balaban J connectivity index is 1.48. The summed E-state index contributed by atoms with van der Waals surface area (Å²) in [6, 6.07) is 7.22. The van der Waals surface area contributed by atoms with Gasteiger partial charge in [-0.3, -0.25) is 9.20 Å². The fraction of sp³-hybridized carbons (Fsp3) is 0.440. The van der Waals surface area contributed by atoms with Crippen LogP contribution in [0.4, 0.5) is 10.2 Å². The quantitative estimate of drug-likeness (QED) is 0.510. The molecule has 2 aliphatic heterocycles. The SMILES string of the molecule is CC(C)(C)CS(=O)(=O)c1cc(N2[C@@H]3CC[C@H]2CN(C(=O)c2ccc(F)cc2Cl)C3)n2ccnc2c1. The van der Waals surface area contributed by atoms with Crippen LogP contribution in [0.2, 0.25) is 5.02 Å². The van der Waals surface area contributed by atoms with Crippen molar-refractivity contribution >= 4 is 38.8 Å². The molecular formula is C25H28ClFN4O3S. The lowest BCUT2D eigenvalue weighted by atomic mass is 10.0. The Morgan fingerprint density at radius 1 is 1.14 bits per heavy atom. The Labute approximate surface area is 209 Å². The zero-order valence-corrected chi connectivity index (χ0v) is 21.5. The van der Waals surface area contributed by atoms with Gasteiger partial charge in [-0.1, -0.05) is 32.4 Å². The fourth-order valence-electron chi connectivity index (χ4n) is 5.29. The first-order valence-corrected chi connectivity index (χ1v) is 13.7. The van der Waals surface area contributed by atoms with Gasteiger partial charge in [0.05, 0.1) is 21.2 Å². The van der Waals surface area contributed by atoms with Gasteiger partial charge in [-0.2, -0.15) is 0 Å². The van der Waals surface area contributed by atoms with Crippen molar-refractivity contribution < 1.29 is 17.6 Å². The summed E-state index contributed by atoms with van der Waals surface area (Å²) in [4.78, 5) is 21.8. The van der Waals surface area contributed by atoms with Crippen molar-refractivity contribution in [1.29, 1.82) is 0 Å². The fourth-order valence-corrected chi connectivity index (χ4v) is 7.41. The predicted molar refractivity (Wildman–Crippen MR) is 133 cm³/mol. The number of imidazole rings is 1. The van der Waals surface area contributed by atoms with Gasteiger partial charge in [0.2, 0.25) is 0 Å². The lowest BCUT2D eigenvalue weighted by Crippen LogP contribution is -2.56. The van der Waals surface area contributed by atoms with Crippen molar-refractivity contribution in [1.82, 2.24) is 14.3 Å². The number of fused-ring (bicyclic) bond motifs is 3. The summed E-state index contributed by atoms with van der Waals surface area (Å²) in [5.41, 5.74) is 0.479. The number of hydrogen-bond donors (Lipinski definition) is 0. The maximum absolute atomic E-state index is 13.5. The monoisotopic (exact) mass is 518 g/mol. The molecule has 2 bridgehead atoms. The molecule has 7 nitrogen and oxygen atoms in total. The highest BCUT2D eigenvalue weighted by Gasteiger charge is 2.43. The highest BCUT2D eigenvalue weighted by Crippen LogP contribution is 2.37.